The summed E-state index contributed by atoms with van der Waals surface area (Å²) in [5.74, 6) is -0.324. The van der Waals surface area contributed by atoms with E-state index < -0.39 is 0 Å². The van der Waals surface area contributed by atoms with Gasteiger partial charge >= 0.3 is 5.97 Å². The average molecular weight is 478 g/mol. The maximum absolute atomic E-state index is 12.0. The fourth-order valence-corrected chi connectivity index (χ4v) is 3.95. The quantitative estimate of drug-likeness (QED) is 0.372. The van der Waals surface area contributed by atoms with Crippen LogP contribution in [0.2, 0.25) is 0 Å². The summed E-state index contributed by atoms with van der Waals surface area (Å²) >= 11 is 0. The number of hydrogen-bond donors (Lipinski definition) is 1. The van der Waals surface area contributed by atoms with E-state index in [1.165, 1.54) is 12.5 Å². The molecule has 3 aromatic carbocycles. The van der Waals surface area contributed by atoms with Crippen molar-refractivity contribution < 1.29 is 23.8 Å². The van der Waals surface area contributed by atoms with E-state index in [2.05, 4.69) is 34.3 Å². The van der Waals surface area contributed by atoms with Crippen LogP contribution in [-0.2, 0) is 25.6 Å². The summed E-state index contributed by atoms with van der Waals surface area (Å²) < 4.78 is 15.6. The Bertz CT molecular complexity index is 1130. The Morgan fingerprint density at radius 1 is 1.09 bits per heavy atom. The maximum Gasteiger partial charge on any atom is 0.337 e. The van der Waals surface area contributed by atoms with Gasteiger partial charge < -0.3 is 19.5 Å². The third kappa shape index (κ3) is 7.91. The topological polar surface area (TPSA) is 73.9 Å². The zero-order valence-electron chi connectivity index (χ0n) is 21.0. The van der Waals surface area contributed by atoms with Crippen LogP contribution in [0.15, 0.2) is 60.7 Å². The lowest BCUT2D eigenvalue weighted by Gasteiger charge is -2.23. The number of methoxy groups -OCH3 is 1. The molecule has 1 heterocycles. The van der Waals surface area contributed by atoms with Gasteiger partial charge in [0.2, 0.25) is 0 Å². The highest BCUT2D eigenvalue weighted by molar-refractivity contribution is 5.99. The van der Waals surface area contributed by atoms with Gasteiger partial charge in [-0.2, -0.15) is 0 Å². The molecule has 1 aliphatic rings. The SMILES string of the molecule is CC(C)(C)OC=O.COC(=O)c1cccc(-c2cc(COC3CCCNC3)cc3ccccc23)c1. The lowest BCUT2D eigenvalue weighted by atomic mass is 9.94. The van der Waals surface area contributed by atoms with Gasteiger partial charge in [-0.1, -0.05) is 36.4 Å². The van der Waals surface area contributed by atoms with E-state index in [4.69, 9.17) is 9.47 Å². The zero-order chi connectivity index (χ0) is 25.3. The maximum atomic E-state index is 12.0. The predicted molar refractivity (Wildman–Crippen MR) is 138 cm³/mol. The number of benzene rings is 3. The van der Waals surface area contributed by atoms with Crippen LogP contribution in [-0.4, -0.2) is 44.3 Å². The first-order valence-electron chi connectivity index (χ1n) is 11.9. The molecule has 0 aromatic heterocycles. The molecular weight excluding hydrogens is 442 g/mol. The van der Waals surface area contributed by atoms with Gasteiger partial charge in [-0.15, -0.1) is 0 Å². The summed E-state index contributed by atoms with van der Waals surface area (Å²) in [6, 6.07) is 20.3. The fraction of sp³-hybridized carbons (Fsp3) is 0.379. The van der Waals surface area contributed by atoms with Crippen molar-refractivity contribution in [3.63, 3.8) is 0 Å². The third-order valence-electron chi connectivity index (χ3n) is 5.66. The highest BCUT2D eigenvalue weighted by Gasteiger charge is 2.15. The number of esters is 1. The fourth-order valence-electron chi connectivity index (χ4n) is 3.95. The lowest BCUT2D eigenvalue weighted by Crippen LogP contribution is -2.35. The molecule has 1 fully saturated rings. The second kappa shape index (κ2) is 12.5. The molecule has 0 aliphatic carbocycles. The van der Waals surface area contributed by atoms with Gasteiger partial charge in [0.25, 0.3) is 6.47 Å². The van der Waals surface area contributed by atoms with Crippen molar-refractivity contribution in [2.45, 2.75) is 51.9 Å². The van der Waals surface area contributed by atoms with Crippen molar-refractivity contribution in [2.75, 3.05) is 20.2 Å². The molecule has 35 heavy (non-hydrogen) atoms. The Morgan fingerprint density at radius 3 is 2.54 bits per heavy atom. The number of rotatable bonds is 6. The van der Waals surface area contributed by atoms with Crippen LogP contribution < -0.4 is 5.32 Å². The molecular formula is C29H35NO5. The van der Waals surface area contributed by atoms with E-state index in [-0.39, 0.29) is 17.7 Å². The van der Waals surface area contributed by atoms with Crippen molar-refractivity contribution in [3.05, 3.63) is 71.8 Å². The first kappa shape index (κ1) is 26.4. The van der Waals surface area contributed by atoms with Crippen LogP contribution in [0.4, 0.5) is 0 Å². The van der Waals surface area contributed by atoms with Crippen LogP contribution in [0.1, 0.15) is 49.5 Å². The normalized spacial score (nSPS) is 15.6. The molecule has 0 saturated carbocycles. The van der Waals surface area contributed by atoms with Crippen molar-refractivity contribution in [1.29, 1.82) is 0 Å². The van der Waals surface area contributed by atoms with Crippen LogP contribution in [0, 0.1) is 0 Å². The molecule has 3 aromatic rings. The molecule has 1 atom stereocenters. The number of piperidine rings is 1. The molecule has 4 rings (SSSR count). The van der Waals surface area contributed by atoms with Crippen molar-refractivity contribution in [1.82, 2.24) is 5.32 Å². The van der Waals surface area contributed by atoms with Crippen molar-refractivity contribution >= 4 is 23.2 Å². The summed E-state index contributed by atoms with van der Waals surface area (Å²) in [7, 11) is 1.41. The van der Waals surface area contributed by atoms with Crippen LogP contribution in [0.25, 0.3) is 21.9 Å². The smallest absolute Gasteiger partial charge is 0.337 e. The highest BCUT2D eigenvalue weighted by atomic mass is 16.5. The number of nitrogens with one attached hydrogen (secondary N) is 1. The second-order valence-electron chi connectivity index (χ2n) is 9.54. The molecule has 0 spiro atoms. The first-order chi connectivity index (χ1) is 16.8. The van der Waals surface area contributed by atoms with E-state index in [1.54, 1.807) is 6.07 Å². The van der Waals surface area contributed by atoms with Crippen LogP contribution in [0.5, 0.6) is 0 Å². The van der Waals surface area contributed by atoms with Gasteiger partial charge in [0.1, 0.15) is 5.60 Å². The molecule has 1 N–H and O–H groups in total. The Kier molecular flexibility index (Phi) is 9.40. The molecule has 0 bridgehead atoms. The summed E-state index contributed by atoms with van der Waals surface area (Å²) in [6.45, 7) is 8.50. The van der Waals surface area contributed by atoms with Gasteiger partial charge in [0.05, 0.1) is 25.4 Å². The summed E-state index contributed by atoms with van der Waals surface area (Å²) in [5, 5.41) is 5.72. The number of hydrogen-bond acceptors (Lipinski definition) is 6. The van der Waals surface area contributed by atoms with Crippen molar-refractivity contribution in [3.8, 4) is 11.1 Å². The van der Waals surface area contributed by atoms with Crippen LogP contribution in [0.3, 0.4) is 0 Å². The van der Waals surface area contributed by atoms with E-state index in [1.807, 2.05) is 51.1 Å². The minimum absolute atomic E-state index is 0.270. The molecule has 6 heteroatoms. The van der Waals surface area contributed by atoms with Gasteiger partial charge in [-0.05, 0) is 91.9 Å². The third-order valence-corrected chi connectivity index (χ3v) is 5.66. The molecule has 0 radical (unpaired) electrons. The predicted octanol–water partition coefficient (Wildman–Crippen LogP) is 5.52. The van der Waals surface area contributed by atoms with E-state index >= 15 is 0 Å². The summed E-state index contributed by atoms with van der Waals surface area (Å²) in [6.07, 6.45) is 2.54. The summed E-state index contributed by atoms with van der Waals surface area (Å²) in [5.41, 5.74) is 3.48. The molecule has 186 valence electrons. The lowest BCUT2D eigenvalue weighted by molar-refractivity contribution is -0.138. The Morgan fingerprint density at radius 2 is 1.89 bits per heavy atom. The average Bonchev–Trinajstić information content (AvgIpc) is 2.87. The molecule has 1 saturated heterocycles. The molecule has 0 amide bonds. The monoisotopic (exact) mass is 477 g/mol. The van der Waals surface area contributed by atoms with E-state index in [9.17, 15) is 9.59 Å². The largest absolute Gasteiger partial charge is 0.465 e. The number of fused-ring (bicyclic) bond motifs is 1. The minimum atomic E-state index is -0.324. The van der Waals surface area contributed by atoms with Gasteiger partial charge in [0.15, 0.2) is 0 Å². The van der Waals surface area contributed by atoms with E-state index in [0.29, 0.717) is 18.6 Å². The minimum Gasteiger partial charge on any atom is -0.465 e. The molecule has 1 aliphatic heterocycles. The van der Waals surface area contributed by atoms with E-state index in [0.717, 1.165) is 48.0 Å². The zero-order valence-corrected chi connectivity index (χ0v) is 21.0. The number of carbonyl (C=O) groups is 2. The Balaban J connectivity index is 0.000000429. The molecule has 6 nitrogen and oxygen atoms in total. The highest BCUT2D eigenvalue weighted by Crippen LogP contribution is 2.31. The van der Waals surface area contributed by atoms with Crippen molar-refractivity contribution in [2.24, 2.45) is 0 Å². The second-order valence-corrected chi connectivity index (χ2v) is 9.54. The summed E-state index contributed by atoms with van der Waals surface area (Å²) in [4.78, 5) is 21.6. The van der Waals surface area contributed by atoms with Gasteiger partial charge in [-0.25, -0.2) is 4.79 Å². The Labute approximate surface area is 207 Å². The van der Waals surface area contributed by atoms with Gasteiger partial charge in [-0.3, -0.25) is 4.79 Å². The van der Waals surface area contributed by atoms with Gasteiger partial charge in [0, 0.05) is 6.54 Å². The molecule has 1 unspecified atom stereocenters. The first-order valence-corrected chi connectivity index (χ1v) is 11.9. The Hall–Kier alpha value is -3.22. The number of carbonyl (C=O) groups excluding carboxylic acids is 2. The number of ether oxygens (including phenoxy) is 3. The standard InChI is InChI=1S/C24H25NO3.C5H10O2/c1-27-24(26)20-8-4-7-19(14-20)23-13-17(12-18-6-2-3-10-22(18)23)16-28-21-9-5-11-25-15-21;1-5(2,3)7-4-6/h2-4,6-8,10,12-14,21,25H,5,9,11,15-16H2,1H3;4H,1-3H3. The van der Waals surface area contributed by atoms with Crippen LogP contribution >= 0.6 is 0 Å².